The molecule has 13 heavy (non-hydrogen) atoms. The first kappa shape index (κ1) is 10.1. The minimum atomic E-state index is 0.0963. The van der Waals surface area contributed by atoms with Crippen LogP contribution in [0.5, 0.6) is 0 Å². The molecule has 0 fully saturated rings. The van der Waals surface area contributed by atoms with Gasteiger partial charge >= 0.3 is 0 Å². The van der Waals surface area contributed by atoms with Crippen LogP contribution in [0, 0.1) is 12.3 Å². The van der Waals surface area contributed by atoms with Crippen molar-refractivity contribution in [1.82, 2.24) is 5.32 Å². The normalized spacial score (nSPS) is 12.1. The van der Waals surface area contributed by atoms with Gasteiger partial charge in [0.25, 0.3) is 0 Å². The molecule has 0 heterocycles. The van der Waals surface area contributed by atoms with Crippen LogP contribution in [0.2, 0.25) is 5.02 Å². The van der Waals surface area contributed by atoms with Crippen molar-refractivity contribution in [2.24, 2.45) is 0 Å². The van der Waals surface area contributed by atoms with Crippen LogP contribution >= 0.6 is 11.6 Å². The Morgan fingerprint density at radius 2 is 2.38 bits per heavy atom. The average molecular weight is 194 g/mol. The van der Waals surface area contributed by atoms with Gasteiger partial charge in [0, 0.05) is 11.6 Å². The number of hydrogen-bond acceptors (Lipinski definition) is 1. The molecule has 0 saturated carbocycles. The van der Waals surface area contributed by atoms with Gasteiger partial charge in [-0.25, -0.2) is 0 Å². The lowest BCUT2D eigenvalue weighted by Crippen LogP contribution is -2.23. The SMILES string of the molecule is C#CC(C)NCc1cccc(Cl)c1. The summed E-state index contributed by atoms with van der Waals surface area (Å²) in [7, 11) is 0. The van der Waals surface area contributed by atoms with Crippen molar-refractivity contribution >= 4 is 11.6 Å². The molecule has 0 aliphatic carbocycles. The van der Waals surface area contributed by atoms with Gasteiger partial charge in [-0.3, -0.25) is 5.32 Å². The highest BCUT2D eigenvalue weighted by atomic mass is 35.5. The molecular formula is C11H12ClN. The molecule has 1 N–H and O–H groups in total. The standard InChI is InChI=1S/C11H12ClN/c1-3-9(2)13-8-10-5-4-6-11(12)7-10/h1,4-7,9,13H,8H2,2H3. The maximum Gasteiger partial charge on any atom is 0.0660 e. The molecule has 0 aliphatic heterocycles. The zero-order chi connectivity index (χ0) is 9.68. The number of terminal acetylenes is 1. The number of rotatable bonds is 3. The largest absolute Gasteiger partial charge is 0.300 e. The lowest BCUT2D eigenvalue weighted by atomic mass is 10.2. The van der Waals surface area contributed by atoms with Crippen LogP contribution in [0.15, 0.2) is 24.3 Å². The molecule has 0 spiro atoms. The summed E-state index contributed by atoms with van der Waals surface area (Å²) >= 11 is 5.83. The second-order valence-electron chi connectivity index (χ2n) is 2.90. The Kier molecular flexibility index (Phi) is 3.82. The Morgan fingerprint density at radius 1 is 1.62 bits per heavy atom. The number of nitrogens with one attached hydrogen (secondary N) is 1. The smallest absolute Gasteiger partial charge is 0.0660 e. The van der Waals surface area contributed by atoms with Crippen molar-refractivity contribution < 1.29 is 0 Å². The Balaban J connectivity index is 2.51. The van der Waals surface area contributed by atoms with Crippen LogP contribution in [0.4, 0.5) is 0 Å². The molecular weight excluding hydrogens is 182 g/mol. The van der Waals surface area contributed by atoms with E-state index in [4.69, 9.17) is 18.0 Å². The van der Waals surface area contributed by atoms with Gasteiger partial charge in [-0.05, 0) is 24.6 Å². The van der Waals surface area contributed by atoms with Crippen molar-refractivity contribution in [1.29, 1.82) is 0 Å². The van der Waals surface area contributed by atoms with Gasteiger partial charge in [0.15, 0.2) is 0 Å². The third kappa shape index (κ3) is 3.50. The quantitative estimate of drug-likeness (QED) is 0.728. The summed E-state index contributed by atoms with van der Waals surface area (Å²) in [5.74, 6) is 2.61. The Hall–Kier alpha value is -0.970. The van der Waals surface area contributed by atoms with Gasteiger partial charge in [-0.2, -0.15) is 0 Å². The zero-order valence-corrected chi connectivity index (χ0v) is 8.31. The molecule has 1 aromatic rings. The second kappa shape index (κ2) is 4.91. The van der Waals surface area contributed by atoms with Crippen LogP contribution in [0.1, 0.15) is 12.5 Å². The van der Waals surface area contributed by atoms with Crippen molar-refractivity contribution in [3.8, 4) is 12.3 Å². The van der Waals surface area contributed by atoms with Crippen molar-refractivity contribution in [3.05, 3.63) is 34.9 Å². The summed E-state index contributed by atoms with van der Waals surface area (Å²) in [6, 6.07) is 7.83. The minimum Gasteiger partial charge on any atom is -0.300 e. The van der Waals surface area contributed by atoms with Crippen LogP contribution < -0.4 is 5.32 Å². The fraction of sp³-hybridized carbons (Fsp3) is 0.273. The summed E-state index contributed by atoms with van der Waals surface area (Å²) < 4.78 is 0. The van der Waals surface area contributed by atoms with Gasteiger partial charge in [-0.1, -0.05) is 29.7 Å². The summed E-state index contributed by atoms with van der Waals surface area (Å²) in [5.41, 5.74) is 1.15. The summed E-state index contributed by atoms with van der Waals surface area (Å²) in [6.07, 6.45) is 5.23. The van der Waals surface area contributed by atoms with Crippen LogP contribution in [-0.2, 0) is 6.54 Å². The maximum absolute atomic E-state index is 5.83. The molecule has 0 bridgehead atoms. The highest BCUT2D eigenvalue weighted by Crippen LogP contribution is 2.10. The fourth-order valence-corrected chi connectivity index (χ4v) is 1.19. The van der Waals surface area contributed by atoms with E-state index in [9.17, 15) is 0 Å². The summed E-state index contributed by atoms with van der Waals surface area (Å²) in [4.78, 5) is 0. The molecule has 1 aromatic carbocycles. The van der Waals surface area contributed by atoms with E-state index in [-0.39, 0.29) is 6.04 Å². The molecule has 0 aromatic heterocycles. The number of benzene rings is 1. The molecule has 0 amide bonds. The minimum absolute atomic E-state index is 0.0963. The van der Waals surface area contributed by atoms with Gasteiger partial charge in [0.05, 0.1) is 6.04 Å². The summed E-state index contributed by atoms with van der Waals surface area (Å²) in [5, 5.41) is 3.94. The van der Waals surface area contributed by atoms with E-state index in [0.29, 0.717) is 0 Å². The van der Waals surface area contributed by atoms with Gasteiger partial charge in [0.2, 0.25) is 0 Å². The van der Waals surface area contributed by atoms with E-state index in [1.165, 1.54) is 0 Å². The lowest BCUT2D eigenvalue weighted by Gasteiger charge is -2.07. The van der Waals surface area contributed by atoms with E-state index >= 15 is 0 Å². The molecule has 0 aliphatic rings. The van der Waals surface area contributed by atoms with Crippen molar-refractivity contribution in [2.45, 2.75) is 19.5 Å². The summed E-state index contributed by atoms with van der Waals surface area (Å²) in [6.45, 7) is 2.70. The molecule has 0 radical (unpaired) electrons. The molecule has 1 rings (SSSR count). The van der Waals surface area contributed by atoms with Crippen molar-refractivity contribution in [3.63, 3.8) is 0 Å². The first-order valence-corrected chi connectivity index (χ1v) is 4.54. The molecule has 68 valence electrons. The predicted molar refractivity (Wildman–Crippen MR) is 56.6 cm³/mol. The third-order valence-corrected chi connectivity index (χ3v) is 1.99. The zero-order valence-electron chi connectivity index (χ0n) is 7.55. The van der Waals surface area contributed by atoms with Gasteiger partial charge in [-0.15, -0.1) is 6.42 Å². The van der Waals surface area contributed by atoms with Crippen LogP contribution in [-0.4, -0.2) is 6.04 Å². The van der Waals surface area contributed by atoms with Gasteiger partial charge < -0.3 is 0 Å². The first-order valence-electron chi connectivity index (χ1n) is 4.16. The topological polar surface area (TPSA) is 12.0 Å². The molecule has 2 heteroatoms. The van der Waals surface area contributed by atoms with Crippen LogP contribution in [0.25, 0.3) is 0 Å². The van der Waals surface area contributed by atoms with E-state index in [2.05, 4.69) is 11.2 Å². The average Bonchev–Trinajstić information content (AvgIpc) is 2.14. The van der Waals surface area contributed by atoms with E-state index < -0.39 is 0 Å². The van der Waals surface area contributed by atoms with Crippen LogP contribution in [0.3, 0.4) is 0 Å². The number of halogens is 1. The van der Waals surface area contributed by atoms with E-state index in [1.807, 2.05) is 31.2 Å². The highest BCUT2D eigenvalue weighted by Gasteiger charge is 1.96. The predicted octanol–water partition coefficient (Wildman–Crippen LogP) is 2.45. The molecule has 1 nitrogen and oxygen atoms in total. The van der Waals surface area contributed by atoms with Gasteiger partial charge in [0.1, 0.15) is 0 Å². The van der Waals surface area contributed by atoms with Crippen molar-refractivity contribution in [2.75, 3.05) is 0 Å². The Labute approximate surface area is 84.1 Å². The molecule has 0 saturated heterocycles. The number of hydrogen-bond donors (Lipinski definition) is 1. The maximum atomic E-state index is 5.83. The monoisotopic (exact) mass is 193 g/mol. The molecule has 1 atom stereocenters. The third-order valence-electron chi connectivity index (χ3n) is 1.75. The first-order chi connectivity index (χ1) is 6.22. The second-order valence-corrected chi connectivity index (χ2v) is 3.34. The Bertz CT molecular complexity index is 314. The Morgan fingerprint density at radius 3 is 3.00 bits per heavy atom. The fourth-order valence-electron chi connectivity index (χ4n) is 0.977. The molecule has 1 unspecified atom stereocenters. The van der Waals surface area contributed by atoms with E-state index in [1.54, 1.807) is 0 Å². The van der Waals surface area contributed by atoms with E-state index in [0.717, 1.165) is 17.1 Å². The lowest BCUT2D eigenvalue weighted by molar-refractivity contribution is 0.648. The highest BCUT2D eigenvalue weighted by molar-refractivity contribution is 6.30.